The molecule has 184 valence electrons. The predicted octanol–water partition coefficient (Wildman–Crippen LogP) is 3.75. The monoisotopic (exact) mass is 576 g/mol. The van der Waals surface area contributed by atoms with E-state index in [-0.39, 0.29) is 4.90 Å². The minimum atomic E-state index is -4.04. The van der Waals surface area contributed by atoms with Crippen molar-refractivity contribution in [2.75, 3.05) is 32.0 Å². The van der Waals surface area contributed by atoms with Crippen LogP contribution in [0.4, 0.5) is 5.69 Å². The van der Waals surface area contributed by atoms with Gasteiger partial charge in [-0.2, -0.15) is 0 Å². The number of hydrogen-bond donors (Lipinski definition) is 2. The number of rotatable bonds is 8. The van der Waals surface area contributed by atoms with Gasteiger partial charge in [0, 0.05) is 13.0 Å². The molecule has 0 aliphatic carbocycles. The predicted molar refractivity (Wildman–Crippen MR) is 139 cm³/mol. The third-order valence-corrected chi connectivity index (χ3v) is 8.12. The first-order chi connectivity index (χ1) is 16.6. The summed E-state index contributed by atoms with van der Waals surface area (Å²) in [4.78, 5) is 0.0534. The molecule has 1 heterocycles. The topological polar surface area (TPSA) is 85.9 Å². The molecule has 0 bridgehead atoms. The number of halogens is 1. The van der Waals surface area contributed by atoms with Crippen LogP contribution in [0, 0.1) is 0 Å². The molecular formula is C25H26AsClN2O5S. The van der Waals surface area contributed by atoms with Crippen molar-refractivity contribution >= 4 is 48.5 Å². The van der Waals surface area contributed by atoms with E-state index in [1.54, 1.807) is 24.3 Å². The first kappa shape index (κ1) is 25.7. The molecule has 1 saturated heterocycles. The molecule has 0 aromatic heterocycles. The van der Waals surface area contributed by atoms with Gasteiger partial charge < -0.3 is 5.32 Å². The summed E-state index contributed by atoms with van der Waals surface area (Å²) in [6, 6.07) is 15.5. The van der Waals surface area contributed by atoms with Crippen LogP contribution in [0.2, 0.25) is 5.02 Å². The van der Waals surface area contributed by atoms with Gasteiger partial charge in [-0.3, -0.25) is 0 Å². The van der Waals surface area contributed by atoms with Crippen LogP contribution in [0.5, 0.6) is 17.2 Å². The van der Waals surface area contributed by atoms with Crippen LogP contribution >= 0.6 is 11.6 Å². The molecule has 3 aromatic rings. The summed E-state index contributed by atoms with van der Waals surface area (Å²) in [6.07, 6.45) is 0.823. The number of benzene rings is 3. The molecule has 1 aliphatic rings. The normalized spacial score (nSPS) is 17.7. The van der Waals surface area contributed by atoms with E-state index >= 15 is 0 Å². The Morgan fingerprint density at radius 2 is 1.77 bits per heavy atom. The Hall–Kier alpha value is -2.38. The van der Waals surface area contributed by atoms with E-state index in [2.05, 4.69) is 26.9 Å². The van der Waals surface area contributed by atoms with Crippen molar-refractivity contribution in [3.63, 3.8) is 0 Å². The Kier molecular flexibility index (Phi) is 7.57. The number of ether oxygens (including phenoxy) is 3. The van der Waals surface area contributed by atoms with Gasteiger partial charge in [0.05, 0.1) is 0 Å². The SMILES string of the molecule is COc1cc(-c2cccc([As])c2)c(S(=O)(=O)Nc2ccc(Cl)c(O[C@]3(C)CCNC3)c2)cc1OC. The van der Waals surface area contributed by atoms with Gasteiger partial charge in [0.25, 0.3) is 0 Å². The van der Waals surface area contributed by atoms with Gasteiger partial charge >= 0.3 is 189 Å². The third-order valence-electron chi connectivity index (χ3n) is 5.80. The molecule has 10 heteroatoms. The van der Waals surface area contributed by atoms with Gasteiger partial charge in [-0.25, -0.2) is 0 Å². The molecule has 0 amide bonds. The van der Waals surface area contributed by atoms with E-state index in [4.69, 9.17) is 25.8 Å². The van der Waals surface area contributed by atoms with Gasteiger partial charge in [-0.15, -0.1) is 0 Å². The van der Waals surface area contributed by atoms with Crippen LogP contribution in [-0.4, -0.2) is 58.2 Å². The first-order valence-electron chi connectivity index (χ1n) is 10.9. The quantitative estimate of drug-likeness (QED) is 0.398. The molecule has 4 rings (SSSR count). The molecule has 1 fully saturated rings. The average Bonchev–Trinajstić information content (AvgIpc) is 3.26. The van der Waals surface area contributed by atoms with E-state index in [1.165, 1.54) is 20.3 Å². The summed E-state index contributed by atoms with van der Waals surface area (Å²) in [5.41, 5.74) is 1.13. The summed E-state index contributed by atoms with van der Waals surface area (Å²) in [6.45, 7) is 3.53. The maximum atomic E-state index is 13.7. The standard InChI is InChI=1S/C25H26AsClN2O5S/c1-25(9-10-28-15-25)34-21-12-18(7-8-20(21)27)29-35(30,31)24-14-23(33-3)22(32-2)13-19(24)16-5-4-6-17(26)11-16/h4-8,11-14,28-29H,9-10,15H2,1-3H3/t25-/m1/s1. The number of anilines is 1. The molecule has 7 nitrogen and oxygen atoms in total. The Balaban J connectivity index is 1.75. The van der Waals surface area contributed by atoms with Crippen LogP contribution in [0.1, 0.15) is 13.3 Å². The van der Waals surface area contributed by atoms with E-state index in [0.717, 1.165) is 22.9 Å². The first-order valence-corrected chi connectivity index (χ1v) is 13.7. The average molecular weight is 577 g/mol. The van der Waals surface area contributed by atoms with Crippen LogP contribution < -0.4 is 28.6 Å². The molecule has 1 aliphatic heterocycles. The summed E-state index contributed by atoms with van der Waals surface area (Å²) >= 11 is 8.82. The van der Waals surface area contributed by atoms with E-state index in [9.17, 15) is 8.42 Å². The van der Waals surface area contributed by atoms with Crippen molar-refractivity contribution in [1.29, 1.82) is 0 Å². The fraction of sp³-hybridized carbons (Fsp3) is 0.280. The van der Waals surface area contributed by atoms with Crippen molar-refractivity contribution < 1.29 is 22.6 Å². The number of sulfonamides is 1. The summed E-state index contributed by atoms with van der Waals surface area (Å²) in [5.74, 6) is 1.15. The zero-order chi connectivity index (χ0) is 25.2. The van der Waals surface area contributed by atoms with E-state index in [0.29, 0.717) is 40.1 Å². The Morgan fingerprint density at radius 3 is 2.43 bits per heavy atom. The Bertz CT molecular complexity index is 1340. The van der Waals surface area contributed by atoms with Gasteiger partial charge in [0.1, 0.15) is 0 Å². The summed E-state index contributed by atoms with van der Waals surface area (Å²) < 4.78 is 47.9. The summed E-state index contributed by atoms with van der Waals surface area (Å²) in [7, 11) is -1.06. The number of hydrogen-bond acceptors (Lipinski definition) is 6. The van der Waals surface area contributed by atoms with Crippen molar-refractivity contribution in [2.24, 2.45) is 0 Å². The van der Waals surface area contributed by atoms with E-state index in [1.807, 2.05) is 31.2 Å². The van der Waals surface area contributed by atoms with Crippen molar-refractivity contribution in [3.05, 3.63) is 59.6 Å². The molecule has 2 N–H and O–H groups in total. The molecule has 0 spiro atoms. The third kappa shape index (κ3) is 5.72. The molecule has 0 unspecified atom stereocenters. The second-order valence-corrected chi connectivity index (χ2v) is 11.6. The van der Waals surface area contributed by atoms with E-state index < -0.39 is 15.6 Å². The molecule has 0 saturated carbocycles. The molecule has 35 heavy (non-hydrogen) atoms. The molecule has 1 atom stereocenters. The minimum absolute atomic E-state index is 0.0534. The second-order valence-electron chi connectivity index (χ2n) is 8.48. The van der Waals surface area contributed by atoms with Gasteiger partial charge in [-0.05, 0) is 13.5 Å². The van der Waals surface area contributed by atoms with Crippen molar-refractivity contribution in [3.8, 4) is 28.4 Å². The summed E-state index contributed by atoms with van der Waals surface area (Å²) in [5, 5.41) is 3.68. The number of methoxy groups -OCH3 is 2. The van der Waals surface area contributed by atoms with Crippen LogP contribution in [-0.2, 0) is 10.0 Å². The molecule has 2 radical (unpaired) electrons. The van der Waals surface area contributed by atoms with Crippen LogP contribution in [0.25, 0.3) is 11.1 Å². The van der Waals surface area contributed by atoms with Crippen LogP contribution in [0.15, 0.2) is 59.5 Å². The van der Waals surface area contributed by atoms with Crippen LogP contribution in [0.3, 0.4) is 0 Å². The van der Waals surface area contributed by atoms with Gasteiger partial charge in [0.15, 0.2) is 0 Å². The van der Waals surface area contributed by atoms with Crippen molar-refractivity contribution in [2.45, 2.75) is 23.8 Å². The maximum absolute atomic E-state index is 13.7. The molecule has 3 aromatic carbocycles. The van der Waals surface area contributed by atoms with Gasteiger partial charge in [0.2, 0.25) is 0 Å². The Morgan fingerprint density at radius 1 is 1.03 bits per heavy atom. The van der Waals surface area contributed by atoms with Crippen molar-refractivity contribution in [1.82, 2.24) is 5.32 Å². The zero-order valence-corrected chi connectivity index (χ0v) is 23.0. The zero-order valence-electron chi connectivity index (χ0n) is 19.6. The Labute approximate surface area is 219 Å². The molecular weight excluding hydrogens is 551 g/mol. The number of nitrogens with one attached hydrogen (secondary N) is 2. The van der Waals surface area contributed by atoms with Gasteiger partial charge in [-0.1, -0.05) is 0 Å². The second kappa shape index (κ2) is 10.3. The fourth-order valence-electron chi connectivity index (χ4n) is 3.98. The fourth-order valence-corrected chi connectivity index (χ4v) is 5.89.